The second-order valence-corrected chi connectivity index (χ2v) is 4.48. The van der Waals surface area contributed by atoms with Crippen LogP contribution >= 0.6 is 11.6 Å². The van der Waals surface area contributed by atoms with Crippen LogP contribution in [0.2, 0.25) is 5.02 Å². The van der Waals surface area contributed by atoms with Crippen molar-refractivity contribution in [1.82, 2.24) is 0 Å². The van der Waals surface area contributed by atoms with Gasteiger partial charge in [-0.3, -0.25) is 0 Å². The third-order valence-corrected chi connectivity index (χ3v) is 3.03. The topological polar surface area (TPSA) is 30.5 Å². The van der Waals surface area contributed by atoms with Gasteiger partial charge in [0, 0.05) is 23.3 Å². The Balaban J connectivity index is 1.68. The van der Waals surface area contributed by atoms with E-state index in [2.05, 4.69) is 5.32 Å². The maximum Gasteiger partial charge on any atom is 0.231 e. The SMILES string of the molecule is Clc1ccc(CNc2ccc3c(c2)OCO3)cc1. The van der Waals surface area contributed by atoms with E-state index in [1.807, 2.05) is 42.5 Å². The van der Waals surface area contributed by atoms with Crippen LogP contribution in [0.5, 0.6) is 11.5 Å². The number of benzene rings is 2. The van der Waals surface area contributed by atoms with Gasteiger partial charge in [-0.05, 0) is 29.8 Å². The fourth-order valence-electron chi connectivity index (χ4n) is 1.81. The molecule has 2 aromatic rings. The Hall–Kier alpha value is -1.87. The van der Waals surface area contributed by atoms with E-state index >= 15 is 0 Å². The van der Waals surface area contributed by atoms with E-state index in [0.29, 0.717) is 6.79 Å². The minimum Gasteiger partial charge on any atom is -0.454 e. The monoisotopic (exact) mass is 261 g/mol. The number of anilines is 1. The van der Waals surface area contributed by atoms with E-state index < -0.39 is 0 Å². The molecule has 0 spiro atoms. The number of nitrogens with one attached hydrogen (secondary N) is 1. The van der Waals surface area contributed by atoms with Crippen LogP contribution in [0.4, 0.5) is 5.69 Å². The molecule has 1 N–H and O–H groups in total. The van der Waals surface area contributed by atoms with Crippen LogP contribution in [-0.2, 0) is 6.54 Å². The number of halogens is 1. The summed E-state index contributed by atoms with van der Waals surface area (Å²) in [6, 6.07) is 13.6. The largest absolute Gasteiger partial charge is 0.454 e. The van der Waals surface area contributed by atoms with E-state index in [0.717, 1.165) is 28.8 Å². The first kappa shape index (κ1) is 11.2. The fraction of sp³-hybridized carbons (Fsp3) is 0.143. The molecule has 2 aromatic carbocycles. The minimum absolute atomic E-state index is 0.302. The summed E-state index contributed by atoms with van der Waals surface area (Å²) in [5, 5.41) is 4.08. The number of fused-ring (bicyclic) bond motifs is 1. The third-order valence-electron chi connectivity index (χ3n) is 2.78. The van der Waals surface area contributed by atoms with Crippen molar-refractivity contribution in [2.45, 2.75) is 6.54 Å². The van der Waals surface area contributed by atoms with Crippen LogP contribution in [-0.4, -0.2) is 6.79 Å². The Bertz CT molecular complexity index is 554. The van der Waals surface area contributed by atoms with Gasteiger partial charge in [0.25, 0.3) is 0 Å². The second-order valence-electron chi connectivity index (χ2n) is 4.05. The van der Waals surface area contributed by atoms with Crippen LogP contribution in [0, 0.1) is 0 Å². The Morgan fingerprint density at radius 2 is 1.78 bits per heavy atom. The van der Waals surface area contributed by atoms with Crippen LogP contribution < -0.4 is 14.8 Å². The zero-order chi connectivity index (χ0) is 12.4. The molecule has 4 heteroatoms. The molecule has 3 rings (SSSR count). The molecule has 18 heavy (non-hydrogen) atoms. The fourth-order valence-corrected chi connectivity index (χ4v) is 1.94. The highest BCUT2D eigenvalue weighted by Crippen LogP contribution is 2.34. The summed E-state index contributed by atoms with van der Waals surface area (Å²) >= 11 is 5.84. The first-order valence-corrected chi connectivity index (χ1v) is 6.07. The number of hydrogen-bond donors (Lipinski definition) is 1. The molecule has 3 nitrogen and oxygen atoms in total. The molecular formula is C14H12ClNO2. The molecule has 0 saturated carbocycles. The van der Waals surface area contributed by atoms with Crippen molar-refractivity contribution in [3.63, 3.8) is 0 Å². The van der Waals surface area contributed by atoms with Crippen molar-refractivity contribution in [2.75, 3.05) is 12.1 Å². The van der Waals surface area contributed by atoms with Crippen LogP contribution in [0.15, 0.2) is 42.5 Å². The minimum atomic E-state index is 0.302. The lowest BCUT2D eigenvalue weighted by atomic mass is 10.2. The van der Waals surface area contributed by atoms with Crippen molar-refractivity contribution >= 4 is 17.3 Å². The summed E-state index contributed by atoms with van der Waals surface area (Å²) in [6.45, 7) is 1.05. The molecule has 1 aliphatic rings. The van der Waals surface area contributed by atoms with Gasteiger partial charge in [-0.15, -0.1) is 0 Å². The van der Waals surface area contributed by atoms with Gasteiger partial charge in [-0.2, -0.15) is 0 Å². The van der Waals surface area contributed by atoms with Gasteiger partial charge < -0.3 is 14.8 Å². The Morgan fingerprint density at radius 1 is 1.00 bits per heavy atom. The lowest BCUT2D eigenvalue weighted by Crippen LogP contribution is -1.98. The normalized spacial score (nSPS) is 12.5. The quantitative estimate of drug-likeness (QED) is 0.914. The second kappa shape index (κ2) is 4.78. The molecule has 0 fully saturated rings. The molecule has 0 atom stereocenters. The average molecular weight is 262 g/mol. The highest BCUT2D eigenvalue weighted by Gasteiger charge is 2.12. The number of ether oxygens (including phenoxy) is 2. The van der Waals surface area contributed by atoms with Gasteiger partial charge in [0.1, 0.15) is 0 Å². The van der Waals surface area contributed by atoms with Gasteiger partial charge in [0.05, 0.1) is 0 Å². The van der Waals surface area contributed by atoms with Crippen molar-refractivity contribution in [3.8, 4) is 11.5 Å². The van der Waals surface area contributed by atoms with E-state index in [9.17, 15) is 0 Å². The molecule has 1 heterocycles. The molecule has 0 bridgehead atoms. The molecule has 1 aliphatic heterocycles. The smallest absolute Gasteiger partial charge is 0.231 e. The van der Waals surface area contributed by atoms with Gasteiger partial charge in [-0.25, -0.2) is 0 Å². The van der Waals surface area contributed by atoms with Crippen molar-refractivity contribution in [1.29, 1.82) is 0 Å². The lowest BCUT2D eigenvalue weighted by molar-refractivity contribution is 0.174. The summed E-state index contributed by atoms with van der Waals surface area (Å²) in [4.78, 5) is 0. The van der Waals surface area contributed by atoms with E-state index in [-0.39, 0.29) is 0 Å². The first-order chi connectivity index (χ1) is 8.81. The van der Waals surface area contributed by atoms with E-state index in [1.54, 1.807) is 0 Å². The molecule has 0 radical (unpaired) electrons. The van der Waals surface area contributed by atoms with Crippen molar-refractivity contribution in [2.24, 2.45) is 0 Å². The maximum atomic E-state index is 5.84. The first-order valence-electron chi connectivity index (χ1n) is 5.69. The Kier molecular flexibility index (Phi) is 2.99. The Morgan fingerprint density at radius 3 is 2.61 bits per heavy atom. The van der Waals surface area contributed by atoms with Crippen molar-refractivity contribution < 1.29 is 9.47 Å². The third kappa shape index (κ3) is 2.36. The molecule has 0 unspecified atom stereocenters. The summed E-state index contributed by atoms with van der Waals surface area (Å²) in [5.41, 5.74) is 2.19. The number of hydrogen-bond acceptors (Lipinski definition) is 3. The summed E-state index contributed by atoms with van der Waals surface area (Å²) in [6.07, 6.45) is 0. The van der Waals surface area contributed by atoms with Gasteiger partial charge in [0.2, 0.25) is 6.79 Å². The maximum absolute atomic E-state index is 5.84. The van der Waals surface area contributed by atoms with E-state index in [4.69, 9.17) is 21.1 Å². The highest BCUT2D eigenvalue weighted by atomic mass is 35.5. The molecule has 0 aromatic heterocycles. The summed E-state index contributed by atoms with van der Waals surface area (Å²) in [7, 11) is 0. The molecule has 0 amide bonds. The zero-order valence-electron chi connectivity index (χ0n) is 9.65. The lowest BCUT2D eigenvalue weighted by Gasteiger charge is -2.07. The van der Waals surface area contributed by atoms with Crippen LogP contribution in [0.1, 0.15) is 5.56 Å². The molecular weight excluding hydrogens is 250 g/mol. The number of rotatable bonds is 3. The van der Waals surface area contributed by atoms with Crippen molar-refractivity contribution in [3.05, 3.63) is 53.1 Å². The molecule has 0 aliphatic carbocycles. The average Bonchev–Trinajstić information content (AvgIpc) is 2.85. The molecule has 0 saturated heterocycles. The molecule has 92 valence electrons. The standard InChI is InChI=1S/C14H12ClNO2/c15-11-3-1-10(2-4-11)8-16-12-5-6-13-14(7-12)18-9-17-13/h1-7,16H,8-9H2. The predicted octanol–water partition coefficient (Wildman–Crippen LogP) is 3.68. The van der Waals surface area contributed by atoms with Gasteiger partial charge in [0.15, 0.2) is 11.5 Å². The highest BCUT2D eigenvalue weighted by molar-refractivity contribution is 6.30. The Labute approximate surface area is 110 Å². The summed E-state index contributed by atoms with van der Waals surface area (Å²) in [5.74, 6) is 1.59. The van der Waals surface area contributed by atoms with Gasteiger partial charge >= 0.3 is 0 Å². The van der Waals surface area contributed by atoms with Crippen LogP contribution in [0.25, 0.3) is 0 Å². The zero-order valence-corrected chi connectivity index (χ0v) is 10.4. The van der Waals surface area contributed by atoms with E-state index in [1.165, 1.54) is 5.56 Å². The van der Waals surface area contributed by atoms with Gasteiger partial charge in [-0.1, -0.05) is 23.7 Å². The predicted molar refractivity (Wildman–Crippen MR) is 71.3 cm³/mol. The van der Waals surface area contributed by atoms with Crippen LogP contribution in [0.3, 0.4) is 0 Å². The summed E-state index contributed by atoms with van der Waals surface area (Å²) < 4.78 is 10.6.